The molecule has 3 aliphatic rings. The number of hydrogen-bond acceptors (Lipinski definition) is 14. The molecule has 208 valence electrons. The molecule has 3 aliphatic heterocycles. The molecule has 6 rings (SSSR count). The lowest BCUT2D eigenvalue weighted by Gasteiger charge is -2.50. The van der Waals surface area contributed by atoms with Gasteiger partial charge in [-0.2, -0.15) is 13.8 Å². The van der Waals surface area contributed by atoms with E-state index in [2.05, 4.69) is 25.1 Å². The molecule has 0 radical (unpaired) electrons. The van der Waals surface area contributed by atoms with Gasteiger partial charge in [0.1, 0.15) is 44.1 Å². The van der Waals surface area contributed by atoms with Crippen molar-refractivity contribution in [3.63, 3.8) is 0 Å². The lowest BCUT2D eigenvalue weighted by molar-refractivity contribution is -0.520. The predicted octanol–water partition coefficient (Wildman–Crippen LogP) is -2.04. The molecule has 3 atom stereocenters. The van der Waals surface area contributed by atoms with Gasteiger partial charge >= 0.3 is 6.09 Å². The average molecular weight is 606 g/mol. The van der Waals surface area contributed by atoms with Crippen LogP contribution in [0.5, 0.6) is 0 Å². The number of carbonyl (C=O) groups is 4. The molecule has 3 aromatic rings. The van der Waals surface area contributed by atoms with E-state index in [1.807, 2.05) is 26.7 Å². The molecule has 3 amide bonds. The Labute approximate surface area is 236 Å². The summed E-state index contributed by atoms with van der Waals surface area (Å²) >= 11 is 3.63. The smallest absolute Gasteiger partial charge is 0.408 e. The number of rotatable bonds is 8. The molecule has 2 saturated heterocycles. The van der Waals surface area contributed by atoms with Crippen molar-refractivity contribution < 1.29 is 38.3 Å². The number of oxime groups is 1. The first-order valence-electron chi connectivity index (χ1n) is 11.6. The molecular weight excluding hydrogens is 586 g/mol. The average Bonchev–Trinajstić information content (AvgIpc) is 3.71. The summed E-state index contributed by atoms with van der Waals surface area (Å²) in [7, 11) is 1.24. The number of carbonyl (C=O) groups excluding carboxylic acids is 4. The summed E-state index contributed by atoms with van der Waals surface area (Å²) in [6.45, 7) is 0.245. The summed E-state index contributed by atoms with van der Waals surface area (Å²) in [6, 6.07) is -1.48. The molecule has 16 nitrogen and oxygen atoms in total. The lowest BCUT2D eigenvalue weighted by Crippen LogP contribution is -2.71. The number of nitrogens with one attached hydrogen (secondary N) is 2. The van der Waals surface area contributed by atoms with Crippen LogP contribution in [-0.4, -0.2) is 79.3 Å². The predicted molar refractivity (Wildman–Crippen MR) is 138 cm³/mol. The van der Waals surface area contributed by atoms with Gasteiger partial charge in [-0.1, -0.05) is 16.5 Å². The first-order chi connectivity index (χ1) is 19.3. The summed E-state index contributed by atoms with van der Waals surface area (Å²) in [5.74, 6) is -2.04. The van der Waals surface area contributed by atoms with Crippen molar-refractivity contribution in [2.75, 3.05) is 25.2 Å². The van der Waals surface area contributed by atoms with Crippen molar-refractivity contribution in [3.05, 3.63) is 40.7 Å². The topological polar surface area (TPSA) is 210 Å². The van der Waals surface area contributed by atoms with Gasteiger partial charge in [-0.25, -0.2) is 9.36 Å². The van der Waals surface area contributed by atoms with E-state index in [1.54, 1.807) is 0 Å². The minimum absolute atomic E-state index is 0.0662. The number of β-lactam (4-membered cyclic amide) rings is 1. The largest absolute Gasteiger partial charge is 0.543 e. The van der Waals surface area contributed by atoms with Crippen LogP contribution in [-0.2, 0) is 30.5 Å². The number of carboxylic acids is 1. The van der Waals surface area contributed by atoms with Gasteiger partial charge in [0, 0.05) is 28.2 Å². The number of aromatic nitrogens is 4. The van der Waals surface area contributed by atoms with E-state index >= 15 is 0 Å². The normalized spacial score (nSPS) is 22.6. The summed E-state index contributed by atoms with van der Waals surface area (Å²) in [5.41, 5.74) is 5.51. The van der Waals surface area contributed by atoms with Gasteiger partial charge < -0.3 is 35.8 Å². The fraction of sp³-hybridized carbons (Fsp3) is 0.333. The van der Waals surface area contributed by atoms with E-state index in [-0.39, 0.29) is 41.3 Å². The van der Waals surface area contributed by atoms with Crippen molar-refractivity contribution in [2.45, 2.75) is 24.0 Å². The molecule has 40 heavy (non-hydrogen) atoms. The van der Waals surface area contributed by atoms with Crippen LogP contribution < -0.4 is 25.9 Å². The molecule has 0 saturated carbocycles. The van der Waals surface area contributed by atoms with Gasteiger partial charge in [-0.15, -0.1) is 11.8 Å². The van der Waals surface area contributed by atoms with Gasteiger partial charge in [0.05, 0.1) is 11.7 Å². The van der Waals surface area contributed by atoms with Crippen molar-refractivity contribution >= 4 is 74.2 Å². The molecule has 2 fully saturated rings. The number of cyclic esters (lactones) is 1. The maximum absolute atomic E-state index is 13.2. The van der Waals surface area contributed by atoms with E-state index in [0.717, 1.165) is 21.3 Å². The maximum atomic E-state index is 13.2. The number of ether oxygens (including phenoxy) is 1. The highest BCUT2D eigenvalue weighted by Crippen LogP contribution is 2.40. The molecule has 0 aromatic carbocycles. The zero-order valence-corrected chi connectivity index (χ0v) is 22.9. The quantitative estimate of drug-likeness (QED) is 0.110. The van der Waals surface area contributed by atoms with Gasteiger partial charge in [0.2, 0.25) is 16.4 Å². The van der Waals surface area contributed by atoms with Crippen LogP contribution in [0.4, 0.5) is 9.93 Å². The third-order valence-corrected chi connectivity index (χ3v) is 9.05. The van der Waals surface area contributed by atoms with Crippen LogP contribution in [0, 0.1) is 0 Å². The standard InChI is InChI=1S/C21H19N9O7S3/c1-36-26-11(14-25-20(22)40-27-14)15(31)24-12-17(32)30-13(19(33)34)8(7-39-18(12)30)4-28-5-10-29(2-3-38-10)16(28)9-6-37-21(35)23-9/h2-3,5,9,12,18H,4,6-7H2,1H3,(H4-,22,23,24,25,27,31,33,34,35)/b26-11-/t9-,12+,18+/m0/s1. The van der Waals surface area contributed by atoms with E-state index < -0.39 is 41.3 Å². The third-order valence-electron chi connectivity index (χ3n) is 6.37. The SMILES string of the molecule is CO/N=C(\C(=O)N[C@@H]1C(=O)N2C(C(=O)[O-])=C(Cn3cc4scc[n+]4c3[C@@H]3COC(=O)N3)CS[C@H]12)c1nsc(N)n1. The third kappa shape index (κ3) is 4.31. The molecular formula is C21H19N9O7S3. The molecule has 4 N–H and O–H groups in total. The van der Waals surface area contributed by atoms with E-state index in [1.165, 1.54) is 30.2 Å². The van der Waals surface area contributed by atoms with Gasteiger partial charge in [0.15, 0.2) is 11.2 Å². The van der Waals surface area contributed by atoms with Crippen LogP contribution in [0.1, 0.15) is 17.7 Å². The van der Waals surface area contributed by atoms with Crippen molar-refractivity contribution in [1.82, 2.24) is 29.5 Å². The number of aliphatic carboxylic acids is 1. The van der Waals surface area contributed by atoms with E-state index in [0.29, 0.717) is 11.4 Å². The summed E-state index contributed by atoms with van der Waals surface area (Å²) in [4.78, 5) is 60.7. The first-order valence-corrected chi connectivity index (χ1v) is 14.3. The number of thiazole rings is 1. The van der Waals surface area contributed by atoms with Gasteiger partial charge in [-0.05, 0) is 0 Å². The second-order valence-corrected chi connectivity index (χ2v) is 11.5. The molecule has 0 spiro atoms. The second-order valence-electron chi connectivity index (χ2n) is 8.70. The fourth-order valence-electron chi connectivity index (χ4n) is 4.74. The molecule has 6 heterocycles. The number of carboxylic acid groups (broad SMARTS) is 1. The van der Waals surface area contributed by atoms with Crippen LogP contribution in [0.3, 0.4) is 0 Å². The lowest BCUT2D eigenvalue weighted by atomic mass is 10.0. The number of anilines is 1. The Bertz CT molecular complexity index is 1630. The Morgan fingerprint density at radius 2 is 2.25 bits per heavy atom. The Morgan fingerprint density at radius 3 is 2.92 bits per heavy atom. The number of amides is 3. The summed E-state index contributed by atoms with van der Waals surface area (Å²) < 4.78 is 12.7. The molecule has 3 aromatic heterocycles. The maximum Gasteiger partial charge on any atom is 0.408 e. The Hall–Kier alpha value is -4.23. The molecule has 0 aliphatic carbocycles. The van der Waals surface area contributed by atoms with Gasteiger partial charge in [-0.3, -0.25) is 14.5 Å². The number of nitrogen functional groups attached to an aromatic ring is 1. The van der Waals surface area contributed by atoms with Crippen LogP contribution in [0.15, 0.2) is 34.2 Å². The number of thioether (sulfide) groups is 1. The number of hydrogen-bond donors (Lipinski definition) is 3. The van der Waals surface area contributed by atoms with Crippen molar-refractivity contribution in [2.24, 2.45) is 5.16 Å². The summed E-state index contributed by atoms with van der Waals surface area (Å²) in [5, 5.41) is 22.6. The van der Waals surface area contributed by atoms with Crippen molar-refractivity contribution in [1.29, 1.82) is 0 Å². The number of alkyl carbamates (subject to hydrolysis) is 1. The number of fused-ring (bicyclic) bond motifs is 2. The number of nitrogens with two attached hydrogens (primary N) is 1. The minimum atomic E-state index is -1.51. The summed E-state index contributed by atoms with van der Waals surface area (Å²) in [6.07, 6.45) is 3.15. The Morgan fingerprint density at radius 1 is 1.43 bits per heavy atom. The Balaban J connectivity index is 1.25. The molecule has 0 bridgehead atoms. The highest BCUT2D eigenvalue weighted by Gasteiger charge is 2.53. The highest BCUT2D eigenvalue weighted by atomic mass is 32.2. The first kappa shape index (κ1) is 26.0. The number of imidazole rings is 1. The fourth-order valence-corrected chi connectivity index (χ4v) is 7.29. The molecule has 0 unspecified atom stereocenters. The Kier molecular flexibility index (Phi) is 6.55. The van der Waals surface area contributed by atoms with Crippen LogP contribution in [0.25, 0.3) is 4.83 Å². The number of nitrogens with zero attached hydrogens (tertiary/aromatic N) is 6. The van der Waals surface area contributed by atoms with E-state index in [9.17, 15) is 24.3 Å². The van der Waals surface area contributed by atoms with E-state index in [4.69, 9.17) is 15.3 Å². The monoisotopic (exact) mass is 605 g/mol. The zero-order chi connectivity index (χ0) is 28.1. The minimum Gasteiger partial charge on any atom is -0.543 e. The van der Waals surface area contributed by atoms with Crippen LogP contribution in [0.2, 0.25) is 0 Å². The molecule has 19 heteroatoms. The van der Waals surface area contributed by atoms with Crippen LogP contribution >= 0.6 is 34.6 Å². The second kappa shape index (κ2) is 10.1. The van der Waals surface area contributed by atoms with Gasteiger partial charge in [0.25, 0.3) is 17.6 Å². The zero-order valence-electron chi connectivity index (χ0n) is 20.4. The highest BCUT2D eigenvalue weighted by molar-refractivity contribution is 8.00. The van der Waals surface area contributed by atoms with Crippen molar-refractivity contribution in [3.8, 4) is 0 Å².